The van der Waals surface area contributed by atoms with Crippen LogP contribution in [0.1, 0.15) is 133 Å². The van der Waals surface area contributed by atoms with Gasteiger partial charge in [0.25, 0.3) is 0 Å². The highest BCUT2D eigenvalue weighted by atomic mass is 16.5. The Morgan fingerprint density at radius 3 is 1.73 bits per heavy atom. The number of ether oxygens (including phenoxy) is 1. The third kappa shape index (κ3) is 12.7. The van der Waals surface area contributed by atoms with Gasteiger partial charge in [0, 0.05) is 23.6 Å². The highest BCUT2D eigenvalue weighted by molar-refractivity contribution is 5.85. The molecule has 41 heavy (non-hydrogen) atoms. The van der Waals surface area contributed by atoms with Gasteiger partial charge in [0.15, 0.2) is 0 Å². The van der Waals surface area contributed by atoms with Crippen LogP contribution < -0.4 is 4.74 Å². The molecule has 226 valence electrons. The molecule has 2 aromatic rings. The van der Waals surface area contributed by atoms with Crippen LogP contribution in [0.15, 0.2) is 46.4 Å². The van der Waals surface area contributed by atoms with Crippen molar-refractivity contribution in [2.45, 2.75) is 135 Å². The van der Waals surface area contributed by atoms with E-state index in [-0.39, 0.29) is 23.6 Å². The number of hydrogen-bond donors (Lipinski definition) is 2. The van der Waals surface area contributed by atoms with Gasteiger partial charge in [-0.05, 0) is 56.5 Å². The predicted molar refractivity (Wildman–Crippen MR) is 173 cm³/mol. The van der Waals surface area contributed by atoms with Crippen LogP contribution in [0.2, 0.25) is 0 Å². The molecule has 1 aliphatic carbocycles. The van der Waals surface area contributed by atoms with Crippen molar-refractivity contribution >= 4 is 12.4 Å². The van der Waals surface area contributed by atoms with Gasteiger partial charge in [0.1, 0.15) is 17.2 Å². The maximum atomic E-state index is 10.4. The van der Waals surface area contributed by atoms with E-state index in [1.165, 1.54) is 77.0 Å². The lowest BCUT2D eigenvalue weighted by atomic mass is 9.91. The zero-order valence-electron chi connectivity index (χ0n) is 25.7. The second-order valence-electron chi connectivity index (χ2n) is 11.8. The van der Waals surface area contributed by atoms with Crippen LogP contribution in [0.5, 0.6) is 17.2 Å². The molecule has 0 aliphatic heterocycles. The quantitative estimate of drug-likeness (QED) is 0.132. The Balaban J connectivity index is 1.37. The highest BCUT2D eigenvalue weighted by Gasteiger charge is 2.23. The Labute approximate surface area is 249 Å². The molecule has 1 aliphatic rings. The van der Waals surface area contributed by atoms with Crippen LogP contribution in [0.25, 0.3) is 0 Å². The largest absolute Gasteiger partial charge is 0.507 e. The molecular weight excluding hydrogens is 508 g/mol. The molecule has 0 radical (unpaired) electrons. The number of phenolic OH excluding ortho intramolecular Hbond substituents is 2. The topological polar surface area (TPSA) is 74.4 Å². The molecule has 0 spiro atoms. The molecule has 0 bridgehead atoms. The lowest BCUT2D eigenvalue weighted by Crippen LogP contribution is -2.27. The number of phenols is 2. The minimum atomic E-state index is 0.0571. The van der Waals surface area contributed by atoms with E-state index in [1.807, 2.05) is 31.2 Å². The molecule has 1 saturated carbocycles. The first kappa shape index (κ1) is 32.7. The zero-order valence-corrected chi connectivity index (χ0v) is 25.7. The van der Waals surface area contributed by atoms with E-state index in [2.05, 4.69) is 6.92 Å². The van der Waals surface area contributed by atoms with Gasteiger partial charge in [0.2, 0.25) is 0 Å². The molecule has 0 heterocycles. The minimum Gasteiger partial charge on any atom is -0.507 e. The molecule has 1 fully saturated rings. The van der Waals surface area contributed by atoms with Crippen LogP contribution >= 0.6 is 0 Å². The van der Waals surface area contributed by atoms with Crippen molar-refractivity contribution in [1.82, 2.24) is 0 Å². The summed E-state index contributed by atoms with van der Waals surface area (Å²) in [5.41, 5.74) is 2.51. The summed E-state index contributed by atoms with van der Waals surface area (Å²) >= 11 is 0. The Hall–Kier alpha value is -2.82. The van der Waals surface area contributed by atoms with Crippen molar-refractivity contribution in [2.75, 3.05) is 6.61 Å². The van der Waals surface area contributed by atoms with Crippen molar-refractivity contribution < 1.29 is 14.9 Å². The number of rotatable bonds is 19. The van der Waals surface area contributed by atoms with Crippen LogP contribution in [0.3, 0.4) is 0 Å². The maximum Gasteiger partial charge on any atom is 0.124 e. The highest BCUT2D eigenvalue weighted by Crippen LogP contribution is 2.27. The third-order valence-corrected chi connectivity index (χ3v) is 8.20. The Kier molecular flexibility index (Phi) is 15.4. The van der Waals surface area contributed by atoms with Gasteiger partial charge in [-0.15, -0.1) is 0 Å². The molecule has 0 saturated heterocycles. The van der Waals surface area contributed by atoms with Crippen LogP contribution in [-0.2, 0) is 0 Å². The van der Waals surface area contributed by atoms with Gasteiger partial charge < -0.3 is 14.9 Å². The smallest absolute Gasteiger partial charge is 0.124 e. The summed E-state index contributed by atoms with van der Waals surface area (Å²) in [7, 11) is 0. The summed E-state index contributed by atoms with van der Waals surface area (Å²) in [4.78, 5) is 9.65. The van der Waals surface area contributed by atoms with Gasteiger partial charge >= 0.3 is 0 Å². The minimum absolute atomic E-state index is 0.0571. The Bertz CT molecular complexity index is 1060. The summed E-state index contributed by atoms with van der Waals surface area (Å²) < 4.78 is 6.00. The first-order valence-corrected chi connectivity index (χ1v) is 16.4. The second kappa shape index (κ2) is 19.3. The fraction of sp³-hybridized carbons (Fsp3) is 0.611. The number of aromatic hydroxyl groups is 2. The van der Waals surface area contributed by atoms with Crippen molar-refractivity contribution in [3.63, 3.8) is 0 Å². The molecule has 3 rings (SSSR count). The summed E-state index contributed by atoms with van der Waals surface area (Å²) in [5, 5.41) is 20.6. The Morgan fingerprint density at radius 2 is 1.17 bits per heavy atom. The number of aliphatic imine (C=N–C) groups is 2. The molecule has 0 amide bonds. The average molecular weight is 563 g/mol. The van der Waals surface area contributed by atoms with Gasteiger partial charge in [-0.25, -0.2) is 0 Å². The molecule has 0 aromatic heterocycles. The fourth-order valence-electron chi connectivity index (χ4n) is 5.60. The molecular formula is C36H54N2O3. The third-order valence-electron chi connectivity index (χ3n) is 8.20. The summed E-state index contributed by atoms with van der Waals surface area (Å²) in [6.07, 6.45) is 25.1. The number of benzene rings is 2. The molecule has 0 unspecified atom stereocenters. The Morgan fingerprint density at radius 1 is 0.683 bits per heavy atom. The van der Waals surface area contributed by atoms with Gasteiger partial charge in [-0.2, -0.15) is 0 Å². The van der Waals surface area contributed by atoms with E-state index in [1.54, 1.807) is 24.6 Å². The first-order chi connectivity index (χ1) is 20.1. The zero-order chi connectivity index (χ0) is 29.1. The monoisotopic (exact) mass is 562 g/mol. The SMILES string of the molecule is CCCCCCCCCCCCCCCOc1ccc(O)c(C=N[C@@H]2CCCC[C@H]2N=Cc2cc(C)ccc2O)c1. The lowest BCUT2D eigenvalue weighted by molar-refractivity contribution is 0.303. The maximum absolute atomic E-state index is 10.4. The van der Waals surface area contributed by atoms with Crippen LogP contribution in [0, 0.1) is 6.92 Å². The summed E-state index contributed by atoms with van der Waals surface area (Å²) in [6, 6.07) is 11.1. The number of nitrogens with zero attached hydrogens (tertiary/aromatic N) is 2. The van der Waals surface area contributed by atoms with Gasteiger partial charge in [0.05, 0.1) is 18.7 Å². The van der Waals surface area contributed by atoms with E-state index in [4.69, 9.17) is 14.7 Å². The number of aryl methyl sites for hydroxylation is 1. The standard InChI is InChI=1S/C36H54N2O3/c1-3-4-5-6-7-8-9-10-11-12-13-14-17-24-41-32-21-23-36(40)31(26-32)28-38-34-19-16-15-18-33(34)37-27-30-25-29(2)20-22-35(30)39/h20-23,25-28,33-34,39-40H,3-19,24H2,1-2H3/t33-,34-/m1/s1. The summed E-state index contributed by atoms with van der Waals surface area (Å²) in [5.74, 6) is 1.23. The number of unbranched alkanes of at least 4 members (excludes halogenated alkanes) is 12. The fourth-order valence-corrected chi connectivity index (χ4v) is 5.60. The van der Waals surface area contributed by atoms with E-state index < -0.39 is 0 Å². The van der Waals surface area contributed by atoms with Crippen LogP contribution in [-0.4, -0.2) is 41.3 Å². The molecule has 2 atom stereocenters. The predicted octanol–water partition coefficient (Wildman–Crippen LogP) is 9.73. The van der Waals surface area contributed by atoms with Crippen molar-refractivity contribution in [2.24, 2.45) is 9.98 Å². The van der Waals surface area contributed by atoms with Crippen molar-refractivity contribution in [3.8, 4) is 17.2 Å². The van der Waals surface area contributed by atoms with E-state index in [9.17, 15) is 10.2 Å². The molecule has 5 heteroatoms. The van der Waals surface area contributed by atoms with E-state index >= 15 is 0 Å². The normalized spacial score (nSPS) is 17.5. The van der Waals surface area contributed by atoms with Crippen molar-refractivity contribution in [3.05, 3.63) is 53.1 Å². The van der Waals surface area contributed by atoms with Gasteiger partial charge in [-0.1, -0.05) is 108 Å². The van der Waals surface area contributed by atoms with E-state index in [0.29, 0.717) is 12.2 Å². The summed E-state index contributed by atoms with van der Waals surface area (Å²) in [6.45, 7) is 4.98. The lowest BCUT2D eigenvalue weighted by Gasteiger charge is -2.25. The van der Waals surface area contributed by atoms with Crippen LogP contribution in [0.4, 0.5) is 0 Å². The molecule has 2 N–H and O–H groups in total. The van der Waals surface area contributed by atoms with Crippen molar-refractivity contribution in [1.29, 1.82) is 0 Å². The number of hydrogen-bond acceptors (Lipinski definition) is 5. The van der Waals surface area contributed by atoms with E-state index in [0.717, 1.165) is 49.0 Å². The first-order valence-electron chi connectivity index (χ1n) is 16.4. The molecule has 2 aromatic carbocycles. The second-order valence-corrected chi connectivity index (χ2v) is 11.8. The average Bonchev–Trinajstić information content (AvgIpc) is 2.98. The van der Waals surface area contributed by atoms with Gasteiger partial charge in [-0.3, -0.25) is 9.98 Å². The molecule has 5 nitrogen and oxygen atoms in total.